The van der Waals surface area contributed by atoms with Crippen LogP contribution in [0.3, 0.4) is 0 Å². The summed E-state index contributed by atoms with van der Waals surface area (Å²) in [4.78, 5) is 60.8. The third-order valence-corrected chi connectivity index (χ3v) is 4.94. The van der Waals surface area contributed by atoms with Gasteiger partial charge in [0.15, 0.2) is 0 Å². The van der Waals surface area contributed by atoms with Crippen molar-refractivity contribution in [2.75, 3.05) is 19.7 Å². The van der Waals surface area contributed by atoms with E-state index in [2.05, 4.69) is 10.6 Å². The number of carbonyl (C=O) groups excluding carboxylic acids is 3. The molecule has 1 aliphatic heterocycles. The summed E-state index contributed by atoms with van der Waals surface area (Å²) < 4.78 is 0. The molecule has 4 unspecified atom stereocenters. The Hall–Kier alpha value is -2.77. The zero-order valence-corrected chi connectivity index (χ0v) is 17.2. The molecule has 4 atom stereocenters. The Labute approximate surface area is 179 Å². The van der Waals surface area contributed by atoms with Gasteiger partial charge in [0.1, 0.15) is 18.1 Å². The minimum atomic E-state index is -1.54. The fourth-order valence-corrected chi connectivity index (χ4v) is 3.25. The van der Waals surface area contributed by atoms with E-state index in [0.29, 0.717) is 25.8 Å². The van der Waals surface area contributed by atoms with Gasteiger partial charge in [0.05, 0.1) is 19.1 Å². The van der Waals surface area contributed by atoms with E-state index in [-0.39, 0.29) is 19.4 Å². The van der Waals surface area contributed by atoms with Crippen molar-refractivity contribution in [1.82, 2.24) is 15.5 Å². The summed E-state index contributed by atoms with van der Waals surface area (Å²) in [5.41, 5.74) is 11.1. The lowest BCUT2D eigenvalue weighted by Gasteiger charge is -2.27. The molecular formula is C18H31N5O8. The average Bonchev–Trinajstić information content (AvgIpc) is 3.20. The lowest BCUT2D eigenvalue weighted by molar-refractivity contribution is -0.150. The topological polar surface area (TPSA) is 225 Å². The van der Waals surface area contributed by atoms with Crippen molar-refractivity contribution in [1.29, 1.82) is 0 Å². The molecule has 0 radical (unpaired) electrons. The van der Waals surface area contributed by atoms with Crippen molar-refractivity contribution < 1.29 is 39.3 Å². The van der Waals surface area contributed by atoms with Gasteiger partial charge in [0.2, 0.25) is 17.7 Å². The number of nitrogens with zero attached hydrogens (tertiary/aromatic N) is 1. The van der Waals surface area contributed by atoms with Crippen molar-refractivity contribution in [3.8, 4) is 0 Å². The van der Waals surface area contributed by atoms with Crippen molar-refractivity contribution in [3.63, 3.8) is 0 Å². The fourth-order valence-electron chi connectivity index (χ4n) is 3.25. The molecule has 1 aliphatic rings. The van der Waals surface area contributed by atoms with Crippen molar-refractivity contribution in [2.45, 2.75) is 62.7 Å². The number of hydrogen-bond donors (Lipinski definition) is 7. The van der Waals surface area contributed by atoms with Crippen LogP contribution in [0.25, 0.3) is 0 Å². The van der Waals surface area contributed by atoms with E-state index in [9.17, 15) is 34.2 Å². The van der Waals surface area contributed by atoms with E-state index >= 15 is 0 Å². The maximum Gasteiger partial charge on any atom is 0.326 e. The number of aliphatic carboxylic acids is 2. The van der Waals surface area contributed by atoms with E-state index in [1.807, 2.05) is 0 Å². The van der Waals surface area contributed by atoms with Gasteiger partial charge in [0, 0.05) is 6.54 Å². The number of nitrogens with two attached hydrogens (primary N) is 2. The highest BCUT2D eigenvalue weighted by Crippen LogP contribution is 2.18. The lowest BCUT2D eigenvalue weighted by atomic mass is 10.1. The van der Waals surface area contributed by atoms with Gasteiger partial charge in [-0.05, 0) is 32.2 Å². The van der Waals surface area contributed by atoms with E-state index in [1.165, 1.54) is 0 Å². The minimum Gasteiger partial charge on any atom is -0.481 e. The van der Waals surface area contributed by atoms with Crippen LogP contribution in [0.5, 0.6) is 0 Å². The third kappa shape index (κ3) is 8.11. The second kappa shape index (κ2) is 12.8. The van der Waals surface area contributed by atoms with E-state index in [4.69, 9.17) is 16.6 Å². The minimum absolute atomic E-state index is 0.148. The number of rotatable bonds is 13. The first-order valence-electron chi connectivity index (χ1n) is 10.0. The highest BCUT2D eigenvalue weighted by atomic mass is 16.4. The molecule has 13 heteroatoms. The van der Waals surface area contributed by atoms with Crippen LogP contribution in [-0.4, -0.2) is 93.7 Å². The van der Waals surface area contributed by atoms with Gasteiger partial charge >= 0.3 is 11.9 Å². The normalized spacial score (nSPS) is 18.7. The molecule has 0 spiro atoms. The molecule has 0 saturated carbocycles. The number of likely N-dealkylation sites (tertiary alicyclic amines) is 1. The number of carboxylic acid groups (broad SMARTS) is 2. The van der Waals surface area contributed by atoms with Crippen LogP contribution in [0.15, 0.2) is 0 Å². The molecule has 1 rings (SSSR count). The zero-order chi connectivity index (χ0) is 23.6. The van der Waals surface area contributed by atoms with Crippen LogP contribution < -0.4 is 22.1 Å². The molecule has 13 nitrogen and oxygen atoms in total. The average molecular weight is 445 g/mol. The van der Waals surface area contributed by atoms with Gasteiger partial charge in [-0.15, -0.1) is 0 Å². The molecule has 3 amide bonds. The lowest BCUT2D eigenvalue weighted by Crippen LogP contribution is -2.58. The molecule has 0 aliphatic carbocycles. The van der Waals surface area contributed by atoms with Crippen molar-refractivity contribution in [2.24, 2.45) is 11.5 Å². The quantitative estimate of drug-likeness (QED) is 0.142. The van der Waals surface area contributed by atoms with E-state index < -0.39 is 66.9 Å². The molecule has 0 bridgehead atoms. The van der Waals surface area contributed by atoms with Gasteiger partial charge in [-0.1, -0.05) is 6.42 Å². The largest absolute Gasteiger partial charge is 0.481 e. The third-order valence-electron chi connectivity index (χ3n) is 4.94. The Bertz CT molecular complexity index is 673. The second-order valence-electron chi connectivity index (χ2n) is 7.32. The van der Waals surface area contributed by atoms with Gasteiger partial charge in [0.25, 0.3) is 0 Å². The Morgan fingerprint density at radius 2 is 1.68 bits per heavy atom. The number of carbonyl (C=O) groups is 5. The number of amides is 3. The summed E-state index contributed by atoms with van der Waals surface area (Å²) in [5.74, 6) is -5.14. The summed E-state index contributed by atoms with van der Waals surface area (Å²) in [5, 5.41) is 32.3. The van der Waals surface area contributed by atoms with Crippen LogP contribution in [0, 0.1) is 0 Å². The predicted molar refractivity (Wildman–Crippen MR) is 106 cm³/mol. The molecule has 0 aromatic heterocycles. The molecule has 31 heavy (non-hydrogen) atoms. The first-order chi connectivity index (χ1) is 14.6. The van der Waals surface area contributed by atoms with Gasteiger partial charge in [-0.2, -0.15) is 0 Å². The molecular weight excluding hydrogens is 414 g/mol. The maximum absolute atomic E-state index is 12.6. The summed E-state index contributed by atoms with van der Waals surface area (Å²) in [6.07, 6.45) is 1.42. The van der Waals surface area contributed by atoms with E-state index in [1.54, 1.807) is 0 Å². The number of aliphatic hydroxyl groups excluding tert-OH is 1. The summed E-state index contributed by atoms with van der Waals surface area (Å²) in [7, 11) is 0. The standard InChI is InChI=1S/C18H31N5O8/c19-6-2-1-4-10(20)15(27)21-11(8-14(25)26)16(28)22-12(9-24)17(29)23-7-3-5-13(23)18(30)31/h10-13,24H,1-9,19-20H2,(H,21,27)(H,22,28)(H,25,26)(H,30,31). The number of aliphatic hydroxyl groups is 1. The highest BCUT2D eigenvalue weighted by Gasteiger charge is 2.38. The molecule has 0 aromatic rings. The number of unbranched alkanes of at least 4 members (excludes halogenated alkanes) is 1. The Morgan fingerprint density at radius 3 is 2.23 bits per heavy atom. The van der Waals surface area contributed by atoms with Gasteiger partial charge in [-0.3, -0.25) is 19.2 Å². The molecule has 1 heterocycles. The zero-order valence-electron chi connectivity index (χ0n) is 17.2. The molecule has 1 saturated heterocycles. The van der Waals surface area contributed by atoms with Crippen molar-refractivity contribution in [3.05, 3.63) is 0 Å². The maximum atomic E-state index is 12.6. The van der Waals surface area contributed by atoms with E-state index in [0.717, 1.165) is 4.90 Å². The van der Waals surface area contributed by atoms with Crippen LogP contribution in [0.1, 0.15) is 38.5 Å². The summed E-state index contributed by atoms with van der Waals surface area (Å²) in [6.45, 7) is -0.260. The monoisotopic (exact) mass is 445 g/mol. The van der Waals surface area contributed by atoms with Gasteiger partial charge in [-0.25, -0.2) is 4.79 Å². The predicted octanol–water partition coefficient (Wildman–Crippen LogP) is -3.05. The number of hydrogen-bond acceptors (Lipinski definition) is 8. The second-order valence-corrected chi connectivity index (χ2v) is 7.32. The smallest absolute Gasteiger partial charge is 0.326 e. The van der Waals surface area contributed by atoms with Gasteiger partial charge < -0.3 is 42.3 Å². The van der Waals surface area contributed by atoms with Crippen LogP contribution >= 0.6 is 0 Å². The molecule has 1 fully saturated rings. The number of carboxylic acids is 2. The highest BCUT2D eigenvalue weighted by molar-refractivity contribution is 5.95. The van der Waals surface area contributed by atoms with Crippen LogP contribution in [0.2, 0.25) is 0 Å². The molecule has 0 aromatic carbocycles. The molecule has 176 valence electrons. The van der Waals surface area contributed by atoms with Crippen molar-refractivity contribution >= 4 is 29.7 Å². The molecule has 9 N–H and O–H groups in total. The summed E-state index contributed by atoms with van der Waals surface area (Å²) >= 11 is 0. The fraction of sp³-hybridized carbons (Fsp3) is 0.722. The Morgan fingerprint density at radius 1 is 1.03 bits per heavy atom. The Kier molecular flexibility index (Phi) is 10.9. The summed E-state index contributed by atoms with van der Waals surface area (Å²) in [6, 6.07) is -5.08. The Balaban J connectivity index is 2.81. The van der Waals surface area contributed by atoms with Crippen LogP contribution in [0.4, 0.5) is 0 Å². The first-order valence-corrected chi connectivity index (χ1v) is 10.0. The SMILES string of the molecule is NCCCCC(N)C(=O)NC(CC(=O)O)C(=O)NC(CO)C(=O)N1CCCC1C(=O)O. The number of nitrogens with one attached hydrogen (secondary N) is 2. The first kappa shape index (κ1) is 26.3. The van der Waals surface area contributed by atoms with Crippen LogP contribution in [-0.2, 0) is 24.0 Å².